The zero-order valence-corrected chi connectivity index (χ0v) is 14.7. The molecule has 0 radical (unpaired) electrons. The maximum absolute atomic E-state index is 12.6. The molecule has 0 saturated carbocycles. The zero-order chi connectivity index (χ0) is 18.0. The van der Waals surface area contributed by atoms with E-state index in [2.05, 4.69) is 11.4 Å². The fourth-order valence-corrected chi connectivity index (χ4v) is 3.35. The topological polar surface area (TPSA) is 49.4 Å². The van der Waals surface area contributed by atoms with Crippen LogP contribution in [0.4, 0.5) is 5.69 Å². The van der Waals surface area contributed by atoms with E-state index in [4.69, 9.17) is 0 Å². The molecule has 0 saturated heterocycles. The number of nitrogens with zero attached hydrogens (tertiary/aromatic N) is 1. The number of amides is 2. The molecule has 0 aromatic heterocycles. The standard InChI is InChI=1S/C21H22N2O2/c1-14-10-15(2)12-18(11-14)22-21(25)13-20-19-7-5-4-6-17(19)8-9-23(20)16(3)24/h4-12,20H,13H2,1-3H3,(H,22,25). The van der Waals surface area contributed by atoms with Crippen molar-refractivity contribution >= 4 is 23.6 Å². The molecule has 0 aliphatic carbocycles. The van der Waals surface area contributed by atoms with E-state index < -0.39 is 0 Å². The average molecular weight is 334 g/mol. The Morgan fingerprint density at radius 3 is 2.44 bits per heavy atom. The summed E-state index contributed by atoms with van der Waals surface area (Å²) in [6.07, 6.45) is 3.89. The molecule has 0 fully saturated rings. The average Bonchev–Trinajstić information content (AvgIpc) is 2.53. The summed E-state index contributed by atoms with van der Waals surface area (Å²) in [5, 5.41) is 2.96. The Labute approximate surface area is 148 Å². The number of anilines is 1. The van der Waals surface area contributed by atoms with Gasteiger partial charge in [0.2, 0.25) is 11.8 Å². The molecule has 4 nitrogen and oxygen atoms in total. The lowest BCUT2D eigenvalue weighted by atomic mass is 9.93. The fourth-order valence-electron chi connectivity index (χ4n) is 3.35. The summed E-state index contributed by atoms with van der Waals surface area (Å²) in [6.45, 7) is 5.53. The second-order valence-corrected chi connectivity index (χ2v) is 6.52. The Bertz CT molecular complexity index is 834. The fraction of sp³-hybridized carbons (Fsp3) is 0.238. The first-order chi connectivity index (χ1) is 11.9. The van der Waals surface area contributed by atoms with Crippen molar-refractivity contribution in [3.05, 3.63) is 70.9 Å². The molecule has 1 aliphatic rings. The van der Waals surface area contributed by atoms with Gasteiger partial charge in [-0.25, -0.2) is 0 Å². The lowest BCUT2D eigenvalue weighted by Gasteiger charge is -2.32. The lowest BCUT2D eigenvalue weighted by Crippen LogP contribution is -2.33. The molecule has 2 amide bonds. The van der Waals surface area contributed by atoms with Gasteiger partial charge in [-0.1, -0.05) is 30.3 Å². The smallest absolute Gasteiger partial charge is 0.226 e. The van der Waals surface area contributed by atoms with Crippen molar-refractivity contribution in [2.45, 2.75) is 33.2 Å². The molecule has 2 aromatic rings. The summed E-state index contributed by atoms with van der Waals surface area (Å²) >= 11 is 0. The zero-order valence-electron chi connectivity index (χ0n) is 14.7. The molecule has 1 unspecified atom stereocenters. The quantitative estimate of drug-likeness (QED) is 0.914. The summed E-state index contributed by atoms with van der Waals surface area (Å²) in [7, 11) is 0. The highest BCUT2D eigenvalue weighted by Gasteiger charge is 2.28. The van der Waals surface area contributed by atoms with Gasteiger partial charge in [0.05, 0.1) is 12.5 Å². The Balaban J connectivity index is 1.82. The van der Waals surface area contributed by atoms with Crippen LogP contribution in [0.25, 0.3) is 6.08 Å². The van der Waals surface area contributed by atoms with Crippen LogP contribution in [0, 0.1) is 13.8 Å². The second-order valence-electron chi connectivity index (χ2n) is 6.52. The number of fused-ring (bicyclic) bond motifs is 1. The van der Waals surface area contributed by atoms with Crippen LogP contribution in [0.5, 0.6) is 0 Å². The third-order valence-corrected chi connectivity index (χ3v) is 4.35. The van der Waals surface area contributed by atoms with Crippen molar-refractivity contribution in [3.63, 3.8) is 0 Å². The van der Waals surface area contributed by atoms with Gasteiger partial charge in [0.25, 0.3) is 0 Å². The monoisotopic (exact) mass is 334 g/mol. The minimum atomic E-state index is -0.287. The van der Waals surface area contributed by atoms with Crippen molar-refractivity contribution in [2.24, 2.45) is 0 Å². The van der Waals surface area contributed by atoms with E-state index in [-0.39, 0.29) is 24.3 Å². The van der Waals surface area contributed by atoms with Crippen molar-refractivity contribution in [2.75, 3.05) is 5.32 Å². The van der Waals surface area contributed by atoms with Crippen molar-refractivity contribution < 1.29 is 9.59 Å². The third-order valence-electron chi connectivity index (χ3n) is 4.35. The number of rotatable bonds is 3. The maximum Gasteiger partial charge on any atom is 0.226 e. The number of aryl methyl sites for hydroxylation is 2. The van der Waals surface area contributed by atoms with Crippen LogP contribution >= 0.6 is 0 Å². The van der Waals surface area contributed by atoms with Crippen molar-refractivity contribution in [3.8, 4) is 0 Å². The molecule has 1 atom stereocenters. The highest BCUT2D eigenvalue weighted by Crippen LogP contribution is 2.33. The Kier molecular flexibility index (Phi) is 4.70. The molecule has 4 heteroatoms. The van der Waals surface area contributed by atoms with Crippen LogP contribution in [-0.4, -0.2) is 16.7 Å². The van der Waals surface area contributed by atoms with Crippen molar-refractivity contribution in [1.29, 1.82) is 0 Å². The van der Waals surface area contributed by atoms with Gasteiger partial charge in [-0.2, -0.15) is 0 Å². The summed E-state index contributed by atoms with van der Waals surface area (Å²) in [5.74, 6) is -0.179. The highest BCUT2D eigenvalue weighted by atomic mass is 16.2. The summed E-state index contributed by atoms with van der Waals surface area (Å²) in [4.78, 5) is 26.2. The Hall–Kier alpha value is -2.88. The van der Waals surface area contributed by atoms with E-state index in [0.29, 0.717) is 0 Å². The minimum Gasteiger partial charge on any atom is -0.326 e. The molecular formula is C21H22N2O2. The van der Waals surface area contributed by atoms with E-state index in [1.54, 1.807) is 11.1 Å². The first-order valence-electron chi connectivity index (χ1n) is 8.38. The van der Waals surface area contributed by atoms with E-state index in [0.717, 1.165) is 27.9 Å². The number of benzene rings is 2. The van der Waals surface area contributed by atoms with Crippen LogP contribution in [-0.2, 0) is 9.59 Å². The summed E-state index contributed by atoms with van der Waals surface area (Å²) < 4.78 is 0. The van der Waals surface area contributed by atoms with Crippen LogP contribution in [0.3, 0.4) is 0 Å². The maximum atomic E-state index is 12.6. The van der Waals surface area contributed by atoms with E-state index in [1.807, 2.05) is 56.3 Å². The first-order valence-corrected chi connectivity index (χ1v) is 8.38. The van der Waals surface area contributed by atoms with E-state index in [1.165, 1.54) is 6.92 Å². The first kappa shape index (κ1) is 17.0. The van der Waals surface area contributed by atoms with Gasteiger partial charge in [0.1, 0.15) is 0 Å². The molecule has 0 spiro atoms. The summed E-state index contributed by atoms with van der Waals surface area (Å²) in [5.41, 5.74) is 5.04. The SMILES string of the molecule is CC(=O)N1C=Cc2ccccc2C1CC(=O)Nc1cc(C)cc(C)c1. The van der Waals surface area contributed by atoms with Crippen molar-refractivity contribution in [1.82, 2.24) is 4.90 Å². The third kappa shape index (κ3) is 3.79. The van der Waals surface area contributed by atoms with Gasteiger partial charge in [-0.05, 0) is 54.3 Å². The van der Waals surface area contributed by atoms with Gasteiger partial charge in [-0.15, -0.1) is 0 Å². The second kappa shape index (κ2) is 6.93. The van der Waals surface area contributed by atoms with Gasteiger partial charge in [0, 0.05) is 18.8 Å². The van der Waals surface area contributed by atoms with Crippen LogP contribution < -0.4 is 5.32 Å². The molecule has 3 rings (SSSR count). The molecule has 1 N–H and O–H groups in total. The van der Waals surface area contributed by atoms with Crippen LogP contribution in [0.2, 0.25) is 0 Å². The molecule has 0 bridgehead atoms. The van der Waals surface area contributed by atoms with Gasteiger partial charge in [-0.3, -0.25) is 9.59 Å². The normalized spacial score (nSPS) is 15.6. The predicted molar refractivity (Wildman–Crippen MR) is 99.9 cm³/mol. The number of carbonyl (C=O) groups excluding carboxylic acids is 2. The van der Waals surface area contributed by atoms with Gasteiger partial charge in [0.15, 0.2) is 0 Å². The van der Waals surface area contributed by atoms with E-state index in [9.17, 15) is 9.59 Å². The number of carbonyl (C=O) groups is 2. The molecule has 1 heterocycles. The molecule has 25 heavy (non-hydrogen) atoms. The number of hydrogen-bond donors (Lipinski definition) is 1. The Morgan fingerprint density at radius 2 is 1.76 bits per heavy atom. The Morgan fingerprint density at radius 1 is 1.08 bits per heavy atom. The molecule has 1 aliphatic heterocycles. The lowest BCUT2D eigenvalue weighted by molar-refractivity contribution is -0.129. The summed E-state index contributed by atoms with van der Waals surface area (Å²) in [6, 6.07) is 13.5. The predicted octanol–water partition coefficient (Wildman–Crippen LogP) is 4.21. The number of nitrogens with one attached hydrogen (secondary N) is 1. The van der Waals surface area contributed by atoms with Crippen LogP contribution in [0.1, 0.15) is 41.6 Å². The van der Waals surface area contributed by atoms with Crippen LogP contribution in [0.15, 0.2) is 48.7 Å². The highest BCUT2D eigenvalue weighted by molar-refractivity contribution is 5.92. The number of hydrogen-bond acceptors (Lipinski definition) is 2. The molecule has 2 aromatic carbocycles. The largest absolute Gasteiger partial charge is 0.326 e. The van der Waals surface area contributed by atoms with Gasteiger partial charge < -0.3 is 10.2 Å². The molecular weight excluding hydrogens is 312 g/mol. The van der Waals surface area contributed by atoms with Gasteiger partial charge >= 0.3 is 0 Å². The minimum absolute atomic E-state index is 0.0741. The molecule has 128 valence electrons. The van der Waals surface area contributed by atoms with E-state index >= 15 is 0 Å².